The third kappa shape index (κ3) is 2.29. The lowest BCUT2D eigenvalue weighted by Gasteiger charge is -2.10. The van der Waals surface area contributed by atoms with Gasteiger partial charge in [-0.15, -0.1) is 0 Å². The van der Waals surface area contributed by atoms with Gasteiger partial charge in [0.05, 0.1) is 9.79 Å². The molecule has 2 aromatic rings. The van der Waals surface area contributed by atoms with Crippen LogP contribution in [0.3, 0.4) is 0 Å². The van der Waals surface area contributed by atoms with Crippen LogP contribution in [0.1, 0.15) is 11.1 Å². The second kappa shape index (κ2) is 4.59. The van der Waals surface area contributed by atoms with Crippen LogP contribution in [-0.2, 0) is 9.84 Å². The van der Waals surface area contributed by atoms with E-state index in [-0.39, 0.29) is 21.3 Å². The summed E-state index contributed by atoms with van der Waals surface area (Å²) in [5.74, 6) is -0.0110. The van der Waals surface area contributed by atoms with Crippen molar-refractivity contribution in [2.75, 3.05) is 0 Å². The number of hydrogen-bond acceptors (Lipinski definition) is 4. The minimum absolute atomic E-state index is 0.0478. The Bertz CT molecular complexity index is 733. The molecule has 2 aromatic carbocycles. The number of rotatable bonds is 2. The molecule has 4 nitrogen and oxygen atoms in total. The fourth-order valence-electron chi connectivity index (χ4n) is 1.82. The Balaban J connectivity index is 2.65. The van der Waals surface area contributed by atoms with Gasteiger partial charge in [0.25, 0.3) is 0 Å². The SMILES string of the molecule is Cc1cc(S(=O)(=O)c2cccc(O)c2C)ccc1O. The molecule has 0 amide bonds. The first kappa shape index (κ1) is 13.4. The van der Waals surface area contributed by atoms with E-state index >= 15 is 0 Å². The van der Waals surface area contributed by atoms with Crippen LogP contribution in [0.4, 0.5) is 0 Å². The predicted molar refractivity (Wildman–Crippen MR) is 71.1 cm³/mol. The van der Waals surface area contributed by atoms with Gasteiger partial charge in [0.2, 0.25) is 9.84 Å². The lowest BCUT2D eigenvalue weighted by molar-refractivity contribution is 0.468. The molecule has 0 fully saturated rings. The van der Waals surface area contributed by atoms with Gasteiger partial charge in [0.15, 0.2) is 0 Å². The van der Waals surface area contributed by atoms with E-state index in [0.717, 1.165) is 0 Å². The van der Waals surface area contributed by atoms with Crippen LogP contribution in [0.15, 0.2) is 46.2 Å². The number of aromatic hydroxyl groups is 2. The van der Waals surface area contributed by atoms with E-state index in [9.17, 15) is 18.6 Å². The van der Waals surface area contributed by atoms with Crippen molar-refractivity contribution in [3.05, 3.63) is 47.5 Å². The first-order valence-electron chi connectivity index (χ1n) is 5.67. The molecule has 100 valence electrons. The maximum atomic E-state index is 12.5. The molecule has 0 bridgehead atoms. The number of sulfone groups is 1. The average Bonchev–Trinajstić information content (AvgIpc) is 2.35. The highest BCUT2D eigenvalue weighted by Crippen LogP contribution is 2.30. The van der Waals surface area contributed by atoms with E-state index in [1.807, 2.05) is 0 Å². The van der Waals surface area contributed by atoms with Gasteiger partial charge < -0.3 is 10.2 Å². The number of phenolic OH excluding ortho intramolecular Hbond substituents is 2. The molecule has 2 N–H and O–H groups in total. The van der Waals surface area contributed by atoms with Gasteiger partial charge in [-0.05, 0) is 49.7 Å². The Labute approximate surface area is 111 Å². The van der Waals surface area contributed by atoms with Crippen LogP contribution in [0.25, 0.3) is 0 Å². The lowest BCUT2D eigenvalue weighted by atomic mass is 10.2. The Morgan fingerprint density at radius 2 is 1.63 bits per heavy atom. The topological polar surface area (TPSA) is 74.6 Å². The molecule has 0 spiro atoms. The van der Waals surface area contributed by atoms with Crippen LogP contribution in [0.2, 0.25) is 0 Å². The normalized spacial score (nSPS) is 11.5. The quantitative estimate of drug-likeness (QED) is 0.885. The average molecular weight is 278 g/mol. The molecule has 0 aromatic heterocycles. The van der Waals surface area contributed by atoms with E-state index in [0.29, 0.717) is 11.1 Å². The molecule has 19 heavy (non-hydrogen) atoms. The van der Waals surface area contributed by atoms with Gasteiger partial charge >= 0.3 is 0 Å². The van der Waals surface area contributed by atoms with E-state index < -0.39 is 9.84 Å². The van der Waals surface area contributed by atoms with Crippen molar-refractivity contribution in [1.29, 1.82) is 0 Å². The minimum Gasteiger partial charge on any atom is -0.508 e. The van der Waals surface area contributed by atoms with Crippen LogP contribution in [0, 0.1) is 13.8 Å². The molecule has 0 aliphatic heterocycles. The Hall–Kier alpha value is -2.01. The summed E-state index contributed by atoms with van der Waals surface area (Å²) in [7, 11) is -3.70. The van der Waals surface area contributed by atoms with E-state index in [2.05, 4.69) is 0 Å². The van der Waals surface area contributed by atoms with Crippen LogP contribution in [-0.4, -0.2) is 18.6 Å². The van der Waals surface area contributed by atoms with Crippen LogP contribution >= 0.6 is 0 Å². The molecule has 0 unspecified atom stereocenters. The number of hydrogen-bond donors (Lipinski definition) is 2. The summed E-state index contributed by atoms with van der Waals surface area (Å²) >= 11 is 0. The molecule has 0 heterocycles. The molecule has 0 atom stereocenters. The highest BCUT2D eigenvalue weighted by Gasteiger charge is 2.21. The maximum Gasteiger partial charge on any atom is 0.207 e. The van der Waals surface area contributed by atoms with Crippen LogP contribution < -0.4 is 0 Å². The summed E-state index contributed by atoms with van der Waals surface area (Å²) in [6.45, 7) is 3.18. The summed E-state index contributed by atoms with van der Waals surface area (Å²) in [6, 6.07) is 8.49. The predicted octanol–water partition coefficient (Wildman–Crippen LogP) is 2.55. The number of benzene rings is 2. The van der Waals surface area contributed by atoms with E-state index in [1.54, 1.807) is 13.8 Å². The highest BCUT2D eigenvalue weighted by atomic mass is 32.2. The van der Waals surface area contributed by atoms with Gasteiger partial charge in [-0.3, -0.25) is 0 Å². The van der Waals surface area contributed by atoms with E-state index in [4.69, 9.17) is 0 Å². The summed E-state index contributed by atoms with van der Waals surface area (Å²) in [4.78, 5) is 0.161. The zero-order valence-electron chi connectivity index (χ0n) is 10.6. The highest BCUT2D eigenvalue weighted by molar-refractivity contribution is 7.91. The Morgan fingerprint density at radius 1 is 0.947 bits per heavy atom. The number of aryl methyl sites for hydroxylation is 1. The number of phenols is 2. The summed E-state index contributed by atoms with van der Waals surface area (Å²) in [6.07, 6.45) is 0. The summed E-state index contributed by atoms with van der Waals surface area (Å²) < 4.78 is 25.0. The molecule has 5 heteroatoms. The van der Waals surface area contributed by atoms with Crippen molar-refractivity contribution < 1.29 is 18.6 Å². The van der Waals surface area contributed by atoms with Gasteiger partial charge in [0.1, 0.15) is 11.5 Å². The summed E-state index contributed by atoms with van der Waals surface area (Å²) in [5.41, 5.74) is 0.798. The third-order valence-electron chi connectivity index (χ3n) is 3.02. The zero-order valence-corrected chi connectivity index (χ0v) is 11.4. The molecule has 0 aliphatic carbocycles. The van der Waals surface area contributed by atoms with Crippen molar-refractivity contribution in [3.63, 3.8) is 0 Å². The van der Waals surface area contributed by atoms with Crippen molar-refractivity contribution in [2.45, 2.75) is 23.6 Å². The third-order valence-corrected chi connectivity index (χ3v) is 4.92. The van der Waals surface area contributed by atoms with Crippen molar-refractivity contribution in [2.24, 2.45) is 0 Å². The molecule has 0 saturated carbocycles. The largest absolute Gasteiger partial charge is 0.508 e. The molecular weight excluding hydrogens is 264 g/mol. The smallest absolute Gasteiger partial charge is 0.207 e. The van der Waals surface area contributed by atoms with Gasteiger partial charge in [-0.1, -0.05) is 6.07 Å². The molecule has 0 radical (unpaired) electrons. The Morgan fingerprint density at radius 3 is 2.26 bits per heavy atom. The first-order chi connectivity index (χ1) is 8.84. The fraction of sp³-hybridized carbons (Fsp3) is 0.143. The second-order valence-electron chi connectivity index (χ2n) is 4.35. The van der Waals surface area contributed by atoms with E-state index in [1.165, 1.54) is 36.4 Å². The van der Waals surface area contributed by atoms with Gasteiger partial charge in [0, 0.05) is 5.56 Å². The lowest BCUT2D eigenvalue weighted by Crippen LogP contribution is -2.04. The monoisotopic (exact) mass is 278 g/mol. The molecular formula is C14H14O4S. The van der Waals surface area contributed by atoms with Gasteiger partial charge in [-0.25, -0.2) is 8.42 Å². The zero-order chi connectivity index (χ0) is 14.2. The Kier molecular flexibility index (Phi) is 3.24. The molecule has 0 saturated heterocycles. The van der Waals surface area contributed by atoms with Gasteiger partial charge in [-0.2, -0.15) is 0 Å². The first-order valence-corrected chi connectivity index (χ1v) is 7.15. The van der Waals surface area contributed by atoms with Crippen molar-refractivity contribution in [1.82, 2.24) is 0 Å². The molecule has 2 rings (SSSR count). The van der Waals surface area contributed by atoms with Crippen molar-refractivity contribution >= 4 is 9.84 Å². The van der Waals surface area contributed by atoms with Crippen LogP contribution in [0.5, 0.6) is 11.5 Å². The second-order valence-corrected chi connectivity index (χ2v) is 6.27. The van der Waals surface area contributed by atoms with Crippen molar-refractivity contribution in [3.8, 4) is 11.5 Å². The fourth-order valence-corrected chi connectivity index (χ4v) is 3.41. The molecule has 0 aliphatic rings. The summed E-state index contributed by atoms with van der Waals surface area (Å²) in [5, 5.41) is 19.0. The maximum absolute atomic E-state index is 12.5. The minimum atomic E-state index is -3.70. The standard InChI is InChI=1S/C14H14O4S/c1-9-8-11(6-7-12(9)15)19(17,18)14-5-3-4-13(16)10(14)2/h3-8,15-16H,1-2H3.